The number of piperidine rings is 1. The van der Waals surface area contributed by atoms with Gasteiger partial charge in [-0.05, 0) is 31.4 Å². The number of nitro groups is 1. The van der Waals surface area contributed by atoms with Crippen LogP contribution in [0.2, 0.25) is 0 Å². The highest BCUT2D eigenvalue weighted by atomic mass is 16.6. The van der Waals surface area contributed by atoms with Crippen LogP contribution in [0.1, 0.15) is 42.1 Å². The van der Waals surface area contributed by atoms with Crippen LogP contribution in [0, 0.1) is 10.1 Å². The molecule has 1 heterocycles. The lowest BCUT2D eigenvalue weighted by Crippen LogP contribution is -2.49. The topological polar surface area (TPSA) is 83.8 Å². The zero-order valence-electron chi connectivity index (χ0n) is 17.2. The van der Waals surface area contributed by atoms with Crippen LogP contribution >= 0.6 is 0 Å². The van der Waals surface area contributed by atoms with Gasteiger partial charge in [-0.15, -0.1) is 0 Å². The molecule has 1 fully saturated rings. The lowest BCUT2D eigenvalue weighted by atomic mass is 10.00. The number of amides is 2. The molecule has 2 aromatic carbocycles. The highest BCUT2D eigenvalue weighted by molar-refractivity contribution is 5.94. The molecule has 158 valence electrons. The van der Waals surface area contributed by atoms with E-state index in [9.17, 15) is 19.7 Å². The van der Waals surface area contributed by atoms with Gasteiger partial charge in [-0.1, -0.05) is 43.3 Å². The van der Waals surface area contributed by atoms with E-state index < -0.39 is 4.92 Å². The first-order valence-electron chi connectivity index (χ1n) is 10.4. The molecule has 1 aliphatic rings. The SMILES string of the molecule is CCCN(C(=O)Cc1ccccc1[N+](=O)[O-])C1CCN(C(=O)c2ccccc2)CC1. The minimum absolute atomic E-state index is 0.0142. The smallest absolute Gasteiger partial charge is 0.273 e. The molecule has 7 heteroatoms. The largest absolute Gasteiger partial charge is 0.339 e. The Kier molecular flexibility index (Phi) is 7.17. The molecular formula is C23H27N3O4. The predicted molar refractivity (Wildman–Crippen MR) is 114 cm³/mol. The van der Waals surface area contributed by atoms with Crippen LogP contribution in [0.5, 0.6) is 0 Å². The molecular weight excluding hydrogens is 382 g/mol. The summed E-state index contributed by atoms with van der Waals surface area (Å²) in [6.45, 7) is 3.81. The Balaban J connectivity index is 1.65. The fraction of sp³-hybridized carbons (Fsp3) is 0.391. The number of benzene rings is 2. The van der Waals surface area contributed by atoms with Crippen molar-refractivity contribution in [3.05, 3.63) is 75.8 Å². The first-order valence-corrected chi connectivity index (χ1v) is 10.4. The maximum absolute atomic E-state index is 13.0. The van der Waals surface area contributed by atoms with Crippen LogP contribution in [0.3, 0.4) is 0 Å². The molecule has 0 aliphatic carbocycles. The van der Waals surface area contributed by atoms with Crippen molar-refractivity contribution in [1.82, 2.24) is 9.80 Å². The number of nitro benzene ring substituents is 1. The quantitative estimate of drug-likeness (QED) is 0.516. The lowest BCUT2D eigenvalue weighted by molar-refractivity contribution is -0.385. The van der Waals surface area contributed by atoms with E-state index in [-0.39, 0.29) is 30.0 Å². The number of likely N-dealkylation sites (tertiary alicyclic amines) is 1. The molecule has 7 nitrogen and oxygen atoms in total. The van der Waals surface area contributed by atoms with Crippen LogP contribution in [-0.4, -0.2) is 52.2 Å². The second-order valence-electron chi connectivity index (χ2n) is 7.54. The number of hydrogen-bond donors (Lipinski definition) is 0. The van der Waals surface area contributed by atoms with Crippen molar-refractivity contribution in [3.8, 4) is 0 Å². The predicted octanol–water partition coefficient (Wildman–Crippen LogP) is 3.68. The molecule has 0 saturated carbocycles. The van der Waals surface area contributed by atoms with Crippen LogP contribution in [0.25, 0.3) is 0 Å². The minimum Gasteiger partial charge on any atom is -0.339 e. The van der Waals surface area contributed by atoms with E-state index in [0.29, 0.717) is 43.6 Å². The number of carbonyl (C=O) groups is 2. The minimum atomic E-state index is -0.444. The van der Waals surface area contributed by atoms with Gasteiger partial charge < -0.3 is 9.80 Å². The van der Waals surface area contributed by atoms with Crippen molar-refractivity contribution in [2.75, 3.05) is 19.6 Å². The van der Waals surface area contributed by atoms with E-state index in [4.69, 9.17) is 0 Å². The first-order chi connectivity index (χ1) is 14.5. The maximum atomic E-state index is 13.0. The number of nitrogens with zero attached hydrogens (tertiary/aromatic N) is 3. The summed E-state index contributed by atoms with van der Waals surface area (Å²) in [6.07, 6.45) is 2.24. The zero-order chi connectivity index (χ0) is 21.5. The van der Waals surface area contributed by atoms with Crippen molar-refractivity contribution in [3.63, 3.8) is 0 Å². The van der Waals surface area contributed by atoms with Crippen LogP contribution in [0.4, 0.5) is 5.69 Å². The molecule has 0 unspecified atom stereocenters. The van der Waals surface area contributed by atoms with Crippen LogP contribution in [-0.2, 0) is 11.2 Å². The van der Waals surface area contributed by atoms with Crippen LogP contribution < -0.4 is 0 Å². The molecule has 2 amide bonds. The molecule has 3 rings (SSSR count). The van der Waals surface area contributed by atoms with E-state index in [2.05, 4.69) is 0 Å². The van der Waals surface area contributed by atoms with E-state index in [0.717, 1.165) is 6.42 Å². The molecule has 0 atom stereocenters. The number of para-hydroxylation sites is 1. The van der Waals surface area contributed by atoms with Gasteiger partial charge in [0.15, 0.2) is 0 Å². The van der Waals surface area contributed by atoms with Gasteiger partial charge in [-0.3, -0.25) is 19.7 Å². The van der Waals surface area contributed by atoms with E-state index >= 15 is 0 Å². The van der Waals surface area contributed by atoms with Gasteiger partial charge in [0, 0.05) is 42.9 Å². The third-order valence-electron chi connectivity index (χ3n) is 5.53. The Morgan fingerprint density at radius 2 is 1.70 bits per heavy atom. The normalized spacial score (nSPS) is 14.4. The molecule has 0 aromatic heterocycles. The maximum Gasteiger partial charge on any atom is 0.273 e. The summed E-state index contributed by atoms with van der Waals surface area (Å²) in [5.74, 6) is -0.0821. The summed E-state index contributed by atoms with van der Waals surface area (Å²) < 4.78 is 0. The fourth-order valence-electron chi connectivity index (χ4n) is 4.00. The summed E-state index contributed by atoms with van der Waals surface area (Å²) in [5.41, 5.74) is 1.09. The van der Waals surface area contributed by atoms with Gasteiger partial charge in [-0.2, -0.15) is 0 Å². The number of carbonyl (C=O) groups excluding carboxylic acids is 2. The van der Waals surface area contributed by atoms with E-state index in [1.54, 1.807) is 18.2 Å². The summed E-state index contributed by atoms with van der Waals surface area (Å²) >= 11 is 0. The third kappa shape index (κ3) is 5.03. The van der Waals surface area contributed by atoms with E-state index in [1.165, 1.54) is 6.07 Å². The summed E-state index contributed by atoms with van der Waals surface area (Å²) in [7, 11) is 0. The van der Waals surface area contributed by atoms with Gasteiger partial charge in [0.05, 0.1) is 11.3 Å². The Hall–Kier alpha value is -3.22. The average molecular weight is 409 g/mol. The van der Waals surface area contributed by atoms with Gasteiger partial charge >= 0.3 is 0 Å². The molecule has 2 aromatic rings. The van der Waals surface area contributed by atoms with Crippen LogP contribution in [0.15, 0.2) is 54.6 Å². The standard InChI is InChI=1S/C23H27N3O4/c1-2-14-25(22(27)17-19-10-6-7-11-21(19)26(29)30)20-12-15-24(16-13-20)23(28)18-8-4-3-5-9-18/h3-11,20H,2,12-17H2,1H3. The Bertz CT molecular complexity index is 892. The second kappa shape index (κ2) is 10.0. The third-order valence-corrected chi connectivity index (χ3v) is 5.53. The molecule has 0 radical (unpaired) electrons. The monoisotopic (exact) mass is 409 g/mol. The van der Waals surface area contributed by atoms with Gasteiger partial charge in [0.25, 0.3) is 11.6 Å². The molecule has 0 N–H and O–H groups in total. The second-order valence-corrected chi connectivity index (χ2v) is 7.54. The molecule has 1 aliphatic heterocycles. The molecule has 1 saturated heterocycles. The van der Waals surface area contributed by atoms with Crippen molar-refractivity contribution < 1.29 is 14.5 Å². The summed E-state index contributed by atoms with van der Waals surface area (Å²) in [4.78, 5) is 40.2. The van der Waals surface area contributed by atoms with E-state index in [1.807, 2.05) is 47.1 Å². The zero-order valence-corrected chi connectivity index (χ0v) is 17.2. The highest BCUT2D eigenvalue weighted by Crippen LogP contribution is 2.23. The van der Waals surface area contributed by atoms with Crippen molar-refractivity contribution in [1.29, 1.82) is 0 Å². The summed E-state index contributed by atoms with van der Waals surface area (Å²) in [5, 5.41) is 11.3. The van der Waals surface area contributed by atoms with Crippen molar-refractivity contribution >= 4 is 17.5 Å². The first kappa shape index (κ1) is 21.5. The summed E-state index contributed by atoms with van der Waals surface area (Å²) in [6, 6.07) is 15.6. The van der Waals surface area contributed by atoms with Gasteiger partial charge in [0.1, 0.15) is 0 Å². The highest BCUT2D eigenvalue weighted by Gasteiger charge is 2.30. The molecule has 30 heavy (non-hydrogen) atoms. The Labute approximate surface area is 176 Å². The molecule has 0 spiro atoms. The van der Waals surface area contributed by atoms with Crippen molar-refractivity contribution in [2.45, 2.75) is 38.6 Å². The lowest BCUT2D eigenvalue weighted by Gasteiger charge is -2.38. The fourth-order valence-corrected chi connectivity index (χ4v) is 4.00. The van der Waals surface area contributed by atoms with Gasteiger partial charge in [-0.25, -0.2) is 0 Å². The Morgan fingerprint density at radius 1 is 1.07 bits per heavy atom. The molecule has 0 bridgehead atoms. The van der Waals surface area contributed by atoms with Gasteiger partial charge in [0.2, 0.25) is 5.91 Å². The Morgan fingerprint density at radius 3 is 2.33 bits per heavy atom. The van der Waals surface area contributed by atoms with Crippen molar-refractivity contribution in [2.24, 2.45) is 0 Å². The number of rotatable bonds is 7. The number of hydrogen-bond acceptors (Lipinski definition) is 4. The average Bonchev–Trinajstić information content (AvgIpc) is 2.78.